The van der Waals surface area contributed by atoms with Crippen LogP contribution in [0.15, 0.2) is 54.6 Å². The fourth-order valence-corrected chi connectivity index (χ4v) is 4.80. The summed E-state index contributed by atoms with van der Waals surface area (Å²) in [5, 5.41) is 0. The molecule has 3 aromatic carbocycles. The largest absolute Gasteiger partial charge is 0.493 e. The molecule has 3 aromatic rings. The van der Waals surface area contributed by atoms with Crippen LogP contribution in [0.4, 0.5) is 0 Å². The highest BCUT2D eigenvalue weighted by atomic mass is 16.7. The van der Waals surface area contributed by atoms with Gasteiger partial charge in [-0.3, -0.25) is 9.59 Å². The number of hydrogen-bond acceptors (Lipinski definition) is 10. The summed E-state index contributed by atoms with van der Waals surface area (Å²) in [6, 6.07) is 16.4. The highest BCUT2D eigenvalue weighted by Crippen LogP contribution is 2.37. The minimum Gasteiger partial charge on any atom is -0.493 e. The molecular weight excluding hydrogens is 592 g/mol. The Morgan fingerprint density at radius 1 is 0.804 bits per heavy atom. The predicted molar refractivity (Wildman–Crippen MR) is 170 cm³/mol. The summed E-state index contributed by atoms with van der Waals surface area (Å²) in [6.07, 6.45) is 1.25. The van der Waals surface area contributed by atoms with Crippen molar-refractivity contribution in [2.24, 2.45) is 0 Å². The van der Waals surface area contributed by atoms with Gasteiger partial charge in [-0.25, -0.2) is 4.79 Å². The van der Waals surface area contributed by atoms with Crippen molar-refractivity contribution >= 4 is 17.9 Å². The van der Waals surface area contributed by atoms with Crippen LogP contribution in [0.5, 0.6) is 23.0 Å². The van der Waals surface area contributed by atoms with E-state index in [1.807, 2.05) is 63.2 Å². The van der Waals surface area contributed by atoms with Crippen LogP contribution in [0.25, 0.3) is 11.1 Å². The maximum absolute atomic E-state index is 13.2. The van der Waals surface area contributed by atoms with Crippen LogP contribution in [0.3, 0.4) is 0 Å². The topological polar surface area (TPSA) is 116 Å². The van der Waals surface area contributed by atoms with Gasteiger partial charge in [0.05, 0.1) is 25.4 Å². The normalized spacial score (nSPS) is 11.9. The molecule has 0 saturated carbocycles. The molecule has 10 heteroatoms. The number of benzene rings is 3. The zero-order valence-electron chi connectivity index (χ0n) is 27.1. The van der Waals surface area contributed by atoms with E-state index in [1.54, 1.807) is 26.0 Å². The van der Waals surface area contributed by atoms with Crippen LogP contribution in [0, 0.1) is 0 Å². The fraction of sp³-hybridized carbons (Fsp3) is 0.417. The summed E-state index contributed by atoms with van der Waals surface area (Å²) < 4.78 is 39.2. The van der Waals surface area contributed by atoms with Crippen molar-refractivity contribution in [1.29, 1.82) is 0 Å². The van der Waals surface area contributed by atoms with Gasteiger partial charge in [0.25, 0.3) is 0 Å². The van der Waals surface area contributed by atoms with Crippen LogP contribution in [-0.4, -0.2) is 50.1 Å². The van der Waals surface area contributed by atoms with Gasteiger partial charge < -0.3 is 33.2 Å². The summed E-state index contributed by atoms with van der Waals surface area (Å²) in [6.45, 7) is 10.2. The molecule has 0 unspecified atom stereocenters. The Balaban J connectivity index is 1.59. The van der Waals surface area contributed by atoms with E-state index < -0.39 is 11.6 Å². The number of ether oxygens (including phenoxy) is 7. The monoisotopic (exact) mass is 634 g/mol. The van der Waals surface area contributed by atoms with Gasteiger partial charge in [-0.15, -0.1) is 0 Å². The molecule has 0 saturated heterocycles. The number of carbonyl (C=O) groups is 3. The van der Waals surface area contributed by atoms with E-state index in [9.17, 15) is 14.4 Å². The van der Waals surface area contributed by atoms with E-state index in [0.717, 1.165) is 22.3 Å². The predicted octanol–water partition coefficient (Wildman–Crippen LogP) is 6.83. The average molecular weight is 635 g/mol. The molecule has 0 N–H and O–H groups in total. The van der Waals surface area contributed by atoms with Gasteiger partial charge in [0.1, 0.15) is 23.7 Å². The van der Waals surface area contributed by atoms with Gasteiger partial charge in [0, 0.05) is 18.4 Å². The summed E-state index contributed by atoms with van der Waals surface area (Å²) in [4.78, 5) is 37.1. The lowest BCUT2D eigenvalue weighted by molar-refractivity contribution is -0.144. The second-order valence-electron chi connectivity index (χ2n) is 11.6. The van der Waals surface area contributed by atoms with Gasteiger partial charge in [-0.1, -0.05) is 18.2 Å². The summed E-state index contributed by atoms with van der Waals surface area (Å²) in [7, 11) is 0. The molecule has 4 rings (SSSR count). The zero-order chi connectivity index (χ0) is 33.1. The Morgan fingerprint density at radius 2 is 1.54 bits per heavy atom. The number of esters is 3. The van der Waals surface area contributed by atoms with Crippen molar-refractivity contribution in [2.45, 2.75) is 72.5 Å². The highest BCUT2D eigenvalue weighted by Gasteiger charge is 2.21. The van der Waals surface area contributed by atoms with Crippen LogP contribution in [0.1, 0.15) is 75.4 Å². The standard InChI is InChI=1S/C36H42O10/c1-6-40-33(37)12-9-17-42-30-11-8-10-25(29(30)14-16-34(38)41-7-2)22-43-28-19-26(18-27(20-28)35(39)46-36(3,4)5)24-13-15-31-32(21-24)45-23-44-31/h8,10-11,13,15,18-21H,6-7,9,12,14,16-17,22-23H2,1-5H3. The quantitative estimate of drug-likeness (QED) is 0.100. The first kappa shape index (κ1) is 34.1. The highest BCUT2D eigenvalue weighted by molar-refractivity contribution is 5.92. The van der Waals surface area contributed by atoms with Crippen molar-refractivity contribution in [3.8, 4) is 34.1 Å². The molecule has 1 heterocycles. The van der Waals surface area contributed by atoms with Gasteiger partial charge in [0.2, 0.25) is 6.79 Å². The third-order valence-electron chi connectivity index (χ3n) is 6.84. The molecule has 46 heavy (non-hydrogen) atoms. The second-order valence-corrected chi connectivity index (χ2v) is 11.6. The van der Waals surface area contributed by atoms with E-state index in [2.05, 4.69) is 0 Å². The lowest BCUT2D eigenvalue weighted by atomic mass is 10.0. The molecule has 0 aliphatic carbocycles. The van der Waals surface area contributed by atoms with E-state index >= 15 is 0 Å². The fourth-order valence-electron chi connectivity index (χ4n) is 4.80. The summed E-state index contributed by atoms with van der Waals surface area (Å²) in [5.74, 6) is 1.25. The third kappa shape index (κ3) is 9.89. The number of hydrogen-bond donors (Lipinski definition) is 0. The van der Waals surface area contributed by atoms with Crippen LogP contribution in [0.2, 0.25) is 0 Å². The van der Waals surface area contributed by atoms with Crippen molar-refractivity contribution in [3.63, 3.8) is 0 Å². The van der Waals surface area contributed by atoms with E-state index in [-0.39, 0.29) is 38.2 Å². The minimum atomic E-state index is -0.683. The first-order valence-electron chi connectivity index (χ1n) is 15.5. The van der Waals surface area contributed by atoms with Gasteiger partial charge in [-0.05, 0) is 101 Å². The van der Waals surface area contributed by atoms with E-state index in [1.165, 1.54) is 0 Å². The lowest BCUT2D eigenvalue weighted by Crippen LogP contribution is -2.23. The van der Waals surface area contributed by atoms with Crippen LogP contribution in [-0.2, 0) is 36.8 Å². The molecule has 0 radical (unpaired) electrons. The lowest BCUT2D eigenvalue weighted by Gasteiger charge is -2.20. The first-order valence-corrected chi connectivity index (χ1v) is 15.5. The molecule has 0 amide bonds. The van der Waals surface area contributed by atoms with Crippen molar-refractivity contribution in [2.75, 3.05) is 26.6 Å². The Morgan fingerprint density at radius 3 is 2.28 bits per heavy atom. The van der Waals surface area contributed by atoms with Crippen molar-refractivity contribution in [3.05, 3.63) is 71.3 Å². The third-order valence-corrected chi connectivity index (χ3v) is 6.84. The molecule has 0 spiro atoms. The molecule has 0 fully saturated rings. The maximum atomic E-state index is 13.2. The second kappa shape index (κ2) is 16.0. The molecule has 1 aliphatic rings. The number of fused-ring (bicyclic) bond motifs is 1. The van der Waals surface area contributed by atoms with Crippen LogP contribution < -0.4 is 18.9 Å². The van der Waals surface area contributed by atoms with Crippen molar-refractivity contribution < 1.29 is 47.5 Å². The Bertz CT molecular complexity index is 1520. The zero-order valence-corrected chi connectivity index (χ0v) is 27.1. The summed E-state index contributed by atoms with van der Waals surface area (Å²) >= 11 is 0. The minimum absolute atomic E-state index is 0.135. The Hall–Kier alpha value is -4.73. The average Bonchev–Trinajstić information content (AvgIpc) is 3.49. The first-order chi connectivity index (χ1) is 22.1. The molecular formula is C36H42O10. The molecule has 246 valence electrons. The molecule has 10 nitrogen and oxygen atoms in total. The van der Waals surface area contributed by atoms with Crippen molar-refractivity contribution in [1.82, 2.24) is 0 Å². The summed E-state index contributed by atoms with van der Waals surface area (Å²) in [5.41, 5.74) is 2.80. The van der Waals surface area contributed by atoms with Gasteiger partial charge in [0.15, 0.2) is 11.5 Å². The molecule has 1 aliphatic heterocycles. The number of carbonyl (C=O) groups excluding carboxylic acids is 3. The van der Waals surface area contributed by atoms with E-state index in [0.29, 0.717) is 61.2 Å². The van der Waals surface area contributed by atoms with Gasteiger partial charge >= 0.3 is 17.9 Å². The van der Waals surface area contributed by atoms with Gasteiger partial charge in [-0.2, -0.15) is 0 Å². The smallest absolute Gasteiger partial charge is 0.338 e. The Kier molecular flexibility index (Phi) is 11.9. The number of rotatable bonds is 15. The van der Waals surface area contributed by atoms with Crippen LogP contribution >= 0.6 is 0 Å². The van der Waals surface area contributed by atoms with E-state index in [4.69, 9.17) is 33.2 Å². The molecule has 0 atom stereocenters. The maximum Gasteiger partial charge on any atom is 0.338 e. The molecule has 0 aromatic heterocycles. The molecule has 0 bridgehead atoms. The Labute approximate surface area is 269 Å². The SMILES string of the molecule is CCOC(=O)CCCOc1cccc(COc2cc(C(=O)OC(C)(C)C)cc(-c3ccc4c(c3)OCO4)c2)c1CCC(=O)OCC.